The average Bonchev–Trinajstić information content (AvgIpc) is 2.70. The maximum Gasteiger partial charge on any atom is 0.435 e. The molecular formula is C13H8BrF6N2. The van der Waals surface area contributed by atoms with Gasteiger partial charge in [0.15, 0.2) is 5.69 Å². The van der Waals surface area contributed by atoms with Crippen LogP contribution in [0.5, 0.6) is 0 Å². The van der Waals surface area contributed by atoms with Crippen molar-refractivity contribution >= 4 is 15.9 Å². The highest BCUT2D eigenvalue weighted by molar-refractivity contribution is 9.10. The summed E-state index contributed by atoms with van der Waals surface area (Å²) in [7, 11) is 0. The first-order valence-electron chi connectivity index (χ1n) is 5.87. The Balaban J connectivity index is 2.47. The predicted octanol–water partition coefficient (Wildman–Crippen LogP) is 4.84. The lowest BCUT2D eigenvalue weighted by atomic mass is 10.1. The lowest BCUT2D eigenvalue weighted by molar-refractivity contribution is -0.144. The Morgan fingerprint density at radius 1 is 1.09 bits per heavy atom. The number of hydrogen-bond donors (Lipinski definition) is 0. The van der Waals surface area contributed by atoms with E-state index in [2.05, 4.69) is 27.1 Å². The summed E-state index contributed by atoms with van der Waals surface area (Å²) in [4.78, 5) is 0. The largest absolute Gasteiger partial charge is 0.435 e. The molecule has 0 aliphatic rings. The normalized spacial score (nSPS) is 12.7. The summed E-state index contributed by atoms with van der Waals surface area (Å²) >= 11 is 3.13. The Hall–Kier alpha value is -1.51. The SMILES string of the molecule is Cc1[c]c(Br)cc(Cn2nc(C(F)(F)F)cc2C(F)(F)F)c1. The van der Waals surface area contributed by atoms with Crippen molar-refractivity contribution in [2.45, 2.75) is 25.8 Å². The Morgan fingerprint density at radius 3 is 2.23 bits per heavy atom. The van der Waals surface area contributed by atoms with Crippen molar-refractivity contribution in [1.29, 1.82) is 0 Å². The molecular weight excluding hydrogens is 378 g/mol. The van der Waals surface area contributed by atoms with E-state index in [1.165, 1.54) is 12.1 Å². The molecule has 119 valence electrons. The molecule has 2 rings (SSSR count). The summed E-state index contributed by atoms with van der Waals surface area (Å²) in [6, 6.07) is 5.87. The number of hydrogen-bond acceptors (Lipinski definition) is 1. The Morgan fingerprint density at radius 2 is 1.73 bits per heavy atom. The molecule has 1 radical (unpaired) electrons. The van der Waals surface area contributed by atoms with Crippen molar-refractivity contribution in [3.05, 3.63) is 51.3 Å². The van der Waals surface area contributed by atoms with Crippen LogP contribution in [0.15, 0.2) is 22.7 Å². The third-order valence-electron chi connectivity index (χ3n) is 2.72. The quantitative estimate of drug-likeness (QED) is 0.676. The van der Waals surface area contributed by atoms with Crippen LogP contribution in [0.1, 0.15) is 22.5 Å². The van der Waals surface area contributed by atoms with Gasteiger partial charge in [-0.25, -0.2) is 0 Å². The second-order valence-corrected chi connectivity index (χ2v) is 5.44. The smallest absolute Gasteiger partial charge is 0.255 e. The second-order valence-electron chi connectivity index (χ2n) is 4.59. The summed E-state index contributed by atoms with van der Waals surface area (Å²) < 4.78 is 77.2. The van der Waals surface area contributed by atoms with Crippen LogP contribution < -0.4 is 0 Å². The summed E-state index contributed by atoms with van der Waals surface area (Å²) in [6.45, 7) is 1.24. The molecule has 0 unspecified atom stereocenters. The highest BCUT2D eigenvalue weighted by Crippen LogP contribution is 2.35. The van der Waals surface area contributed by atoms with E-state index >= 15 is 0 Å². The molecule has 0 N–H and O–H groups in total. The molecule has 0 aliphatic carbocycles. The van der Waals surface area contributed by atoms with Crippen molar-refractivity contribution < 1.29 is 26.3 Å². The van der Waals surface area contributed by atoms with Crippen LogP contribution in [0, 0.1) is 13.0 Å². The zero-order chi connectivity index (χ0) is 16.7. The van der Waals surface area contributed by atoms with Crippen LogP contribution in [-0.2, 0) is 18.9 Å². The van der Waals surface area contributed by atoms with Gasteiger partial charge in [0.05, 0.1) is 6.54 Å². The van der Waals surface area contributed by atoms with E-state index in [0.29, 0.717) is 20.3 Å². The van der Waals surface area contributed by atoms with Crippen molar-refractivity contribution in [1.82, 2.24) is 9.78 Å². The molecule has 0 saturated carbocycles. The topological polar surface area (TPSA) is 17.8 Å². The molecule has 22 heavy (non-hydrogen) atoms. The molecule has 0 spiro atoms. The summed E-state index contributed by atoms with van der Waals surface area (Å²) in [5, 5.41) is 3.05. The lowest BCUT2D eigenvalue weighted by Crippen LogP contribution is -2.15. The molecule has 0 aliphatic heterocycles. The molecule has 1 aromatic heterocycles. The van der Waals surface area contributed by atoms with Gasteiger partial charge in [-0.2, -0.15) is 31.4 Å². The zero-order valence-electron chi connectivity index (χ0n) is 11.0. The molecule has 9 heteroatoms. The molecule has 2 nitrogen and oxygen atoms in total. The number of aromatic nitrogens is 2. The third-order valence-corrected chi connectivity index (χ3v) is 3.15. The zero-order valence-corrected chi connectivity index (χ0v) is 12.6. The van der Waals surface area contributed by atoms with Gasteiger partial charge in [0, 0.05) is 16.6 Å². The van der Waals surface area contributed by atoms with Crippen LogP contribution in [-0.4, -0.2) is 9.78 Å². The first kappa shape index (κ1) is 16.9. The minimum Gasteiger partial charge on any atom is -0.255 e. The number of benzene rings is 1. The van der Waals surface area contributed by atoms with Gasteiger partial charge in [-0.1, -0.05) is 22.0 Å². The van der Waals surface area contributed by atoms with Gasteiger partial charge in [-0.3, -0.25) is 4.68 Å². The molecule has 1 aromatic carbocycles. The van der Waals surface area contributed by atoms with Crippen LogP contribution in [0.4, 0.5) is 26.3 Å². The van der Waals surface area contributed by atoms with E-state index < -0.39 is 30.3 Å². The molecule has 0 saturated heterocycles. The first-order valence-corrected chi connectivity index (χ1v) is 6.66. The van der Waals surface area contributed by atoms with E-state index in [1.54, 1.807) is 6.92 Å². The fourth-order valence-electron chi connectivity index (χ4n) is 1.91. The molecule has 0 atom stereocenters. The van der Waals surface area contributed by atoms with Gasteiger partial charge < -0.3 is 0 Å². The van der Waals surface area contributed by atoms with Crippen LogP contribution >= 0.6 is 15.9 Å². The minimum absolute atomic E-state index is 0.0109. The Bertz CT molecular complexity index is 667. The van der Waals surface area contributed by atoms with Crippen molar-refractivity contribution in [3.8, 4) is 0 Å². The Kier molecular flexibility index (Phi) is 4.29. The fourth-order valence-corrected chi connectivity index (χ4v) is 2.52. The molecule has 0 amide bonds. The third kappa shape index (κ3) is 3.82. The number of nitrogens with zero attached hydrogens (tertiary/aromatic N) is 2. The molecule has 2 aromatic rings. The van der Waals surface area contributed by atoms with Gasteiger partial charge in [0.25, 0.3) is 0 Å². The van der Waals surface area contributed by atoms with Crippen molar-refractivity contribution in [2.24, 2.45) is 0 Å². The van der Waals surface area contributed by atoms with Crippen molar-refractivity contribution in [2.75, 3.05) is 0 Å². The summed E-state index contributed by atoms with van der Waals surface area (Å²) in [6.07, 6.45) is -9.87. The van der Waals surface area contributed by atoms with Crippen LogP contribution in [0.25, 0.3) is 0 Å². The Labute approximate surface area is 129 Å². The standard InChI is InChI=1S/C13H8BrF6N2/c1-7-2-8(4-9(14)3-7)6-22-11(13(18,19)20)5-10(21-22)12(15,16)17/h2,4-5H,6H2,1H3. The first-order chi connectivity index (χ1) is 9.96. The number of halogens is 7. The van der Waals surface area contributed by atoms with Gasteiger partial charge in [-0.05, 0) is 24.1 Å². The van der Waals surface area contributed by atoms with E-state index in [9.17, 15) is 26.3 Å². The minimum atomic E-state index is -4.94. The highest BCUT2D eigenvalue weighted by atomic mass is 79.9. The highest BCUT2D eigenvalue weighted by Gasteiger charge is 2.41. The average molecular weight is 386 g/mol. The van der Waals surface area contributed by atoms with Gasteiger partial charge in [0.2, 0.25) is 0 Å². The van der Waals surface area contributed by atoms with E-state index in [1.807, 2.05) is 0 Å². The van der Waals surface area contributed by atoms with E-state index in [-0.39, 0.29) is 6.07 Å². The fraction of sp³-hybridized carbons (Fsp3) is 0.308. The summed E-state index contributed by atoms with van der Waals surface area (Å²) in [5.41, 5.74) is -1.99. The molecule has 0 bridgehead atoms. The second kappa shape index (κ2) is 5.60. The van der Waals surface area contributed by atoms with E-state index in [4.69, 9.17) is 0 Å². The number of alkyl halides is 6. The van der Waals surface area contributed by atoms with Crippen LogP contribution in [0.3, 0.4) is 0 Å². The van der Waals surface area contributed by atoms with Gasteiger partial charge >= 0.3 is 12.4 Å². The molecule has 1 heterocycles. The summed E-state index contributed by atoms with van der Waals surface area (Å²) in [5.74, 6) is 0. The molecule has 0 fully saturated rings. The monoisotopic (exact) mass is 385 g/mol. The maximum absolute atomic E-state index is 12.9. The van der Waals surface area contributed by atoms with Crippen LogP contribution in [0.2, 0.25) is 0 Å². The van der Waals surface area contributed by atoms with Gasteiger partial charge in [0.1, 0.15) is 5.69 Å². The maximum atomic E-state index is 12.9. The van der Waals surface area contributed by atoms with E-state index in [0.717, 1.165) is 0 Å². The lowest BCUT2D eigenvalue weighted by Gasteiger charge is -2.11. The number of rotatable bonds is 2. The van der Waals surface area contributed by atoms with Crippen molar-refractivity contribution in [3.63, 3.8) is 0 Å². The predicted molar refractivity (Wildman–Crippen MR) is 69.0 cm³/mol. The van der Waals surface area contributed by atoms with Gasteiger partial charge in [-0.15, -0.1) is 0 Å². The number of aryl methyl sites for hydroxylation is 1.